The molecule has 130 valence electrons. The summed E-state index contributed by atoms with van der Waals surface area (Å²) in [5.74, 6) is 1.38. The van der Waals surface area contributed by atoms with Gasteiger partial charge in [0.1, 0.15) is 11.5 Å². The first-order valence-electron chi connectivity index (χ1n) is 7.52. The summed E-state index contributed by atoms with van der Waals surface area (Å²) in [4.78, 5) is 11.9. The van der Waals surface area contributed by atoms with Crippen LogP contribution in [0.2, 0.25) is 0 Å². The Bertz CT molecular complexity index is 677. The minimum absolute atomic E-state index is 0. The molecule has 24 heavy (non-hydrogen) atoms. The molecule has 0 aliphatic carbocycles. The van der Waals surface area contributed by atoms with Gasteiger partial charge < -0.3 is 20.5 Å². The molecule has 0 heterocycles. The fraction of sp³-hybridized carbons (Fsp3) is 0.278. The lowest BCUT2D eigenvalue weighted by molar-refractivity contribution is -0.116. The summed E-state index contributed by atoms with van der Waals surface area (Å²) < 4.78 is 10.8. The lowest BCUT2D eigenvalue weighted by Gasteiger charge is -2.10. The molecule has 0 bridgehead atoms. The van der Waals surface area contributed by atoms with Crippen LogP contribution in [0, 0.1) is 6.92 Å². The molecule has 0 spiro atoms. The first-order chi connectivity index (χ1) is 11.1. The summed E-state index contributed by atoms with van der Waals surface area (Å²) in [6, 6.07) is 13.0. The highest BCUT2D eigenvalue weighted by atomic mass is 35.5. The predicted octanol–water partition coefficient (Wildman–Crippen LogP) is 3.81. The summed E-state index contributed by atoms with van der Waals surface area (Å²) in [5.41, 5.74) is 8.05. The number of carbonyl (C=O) groups excluding carboxylic acids is 1. The van der Waals surface area contributed by atoms with Gasteiger partial charge in [0.15, 0.2) is 0 Å². The smallest absolute Gasteiger partial charge is 0.224 e. The Balaban J connectivity index is 0.00000288. The Kier molecular flexibility index (Phi) is 7.92. The van der Waals surface area contributed by atoms with Gasteiger partial charge in [-0.15, -0.1) is 12.4 Å². The Morgan fingerprint density at radius 2 is 1.92 bits per heavy atom. The molecular formula is C18H23ClN2O3. The van der Waals surface area contributed by atoms with E-state index in [0.29, 0.717) is 36.6 Å². The van der Waals surface area contributed by atoms with Crippen LogP contribution >= 0.6 is 12.4 Å². The van der Waals surface area contributed by atoms with Crippen LogP contribution in [-0.4, -0.2) is 19.6 Å². The van der Waals surface area contributed by atoms with Crippen molar-refractivity contribution in [3.05, 3.63) is 48.0 Å². The molecule has 0 saturated carbocycles. The number of benzene rings is 2. The number of nitrogens with two attached hydrogens (primary N) is 1. The average Bonchev–Trinajstić information content (AvgIpc) is 2.53. The average molecular weight is 351 g/mol. The zero-order chi connectivity index (χ0) is 16.7. The molecule has 3 N–H and O–H groups in total. The van der Waals surface area contributed by atoms with Crippen LogP contribution in [-0.2, 0) is 4.79 Å². The number of hydrogen-bond acceptors (Lipinski definition) is 4. The van der Waals surface area contributed by atoms with Gasteiger partial charge in [-0.3, -0.25) is 4.79 Å². The number of methoxy groups -OCH3 is 1. The molecule has 0 aliphatic rings. The van der Waals surface area contributed by atoms with E-state index in [1.807, 2.05) is 31.2 Å². The van der Waals surface area contributed by atoms with Crippen molar-refractivity contribution in [2.45, 2.75) is 19.8 Å². The molecule has 2 aromatic carbocycles. The number of rotatable bonds is 7. The van der Waals surface area contributed by atoms with Gasteiger partial charge in [0, 0.05) is 12.1 Å². The zero-order valence-electron chi connectivity index (χ0n) is 13.9. The molecule has 5 nitrogen and oxygen atoms in total. The van der Waals surface area contributed by atoms with E-state index in [0.717, 1.165) is 11.3 Å². The number of hydrogen-bond donors (Lipinski definition) is 2. The van der Waals surface area contributed by atoms with Crippen LogP contribution in [0.25, 0.3) is 0 Å². The molecular weight excluding hydrogens is 328 g/mol. The van der Waals surface area contributed by atoms with Crippen LogP contribution in [0.1, 0.15) is 18.4 Å². The molecule has 1 amide bonds. The van der Waals surface area contributed by atoms with Crippen molar-refractivity contribution in [1.29, 1.82) is 0 Å². The van der Waals surface area contributed by atoms with Crippen molar-refractivity contribution < 1.29 is 14.3 Å². The van der Waals surface area contributed by atoms with Crippen molar-refractivity contribution in [3.63, 3.8) is 0 Å². The second-order valence-corrected chi connectivity index (χ2v) is 5.22. The van der Waals surface area contributed by atoms with Crippen LogP contribution in [0.15, 0.2) is 42.5 Å². The number of halogens is 1. The highest BCUT2D eigenvalue weighted by Gasteiger charge is 2.06. The molecule has 0 saturated heterocycles. The lowest BCUT2D eigenvalue weighted by Crippen LogP contribution is -2.13. The molecule has 0 radical (unpaired) electrons. The summed E-state index contributed by atoms with van der Waals surface area (Å²) >= 11 is 0. The van der Waals surface area contributed by atoms with Crippen molar-refractivity contribution in [3.8, 4) is 11.5 Å². The van der Waals surface area contributed by atoms with E-state index in [1.54, 1.807) is 25.3 Å². The van der Waals surface area contributed by atoms with Gasteiger partial charge >= 0.3 is 0 Å². The number of amides is 1. The van der Waals surface area contributed by atoms with Crippen LogP contribution in [0.5, 0.6) is 11.5 Å². The molecule has 0 fully saturated rings. The molecule has 6 heteroatoms. The monoisotopic (exact) mass is 350 g/mol. The number of nitrogens with one attached hydrogen (secondary N) is 1. The van der Waals surface area contributed by atoms with Crippen molar-refractivity contribution >= 4 is 29.7 Å². The molecule has 0 atom stereocenters. The molecule has 2 rings (SSSR count). The zero-order valence-corrected chi connectivity index (χ0v) is 14.7. The molecule has 2 aromatic rings. The van der Waals surface area contributed by atoms with Crippen LogP contribution in [0.4, 0.5) is 11.4 Å². The number of aryl methyl sites for hydroxylation is 1. The van der Waals surface area contributed by atoms with Gasteiger partial charge in [-0.2, -0.15) is 0 Å². The first-order valence-corrected chi connectivity index (χ1v) is 7.52. The van der Waals surface area contributed by atoms with E-state index >= 15 is 0 Å². The van der Waals surface area contributed by atoms with Gasteiger partial charge in [-0.1, -0.05) is 18.2 Å². The van der Waals surface area contributed by atoms with E-state index in [2.05, 4.69) is 5.32 Å². The fourth-order valence-electron chi connectivity index (χ4n) is 2.17. The number of para-hydroxylation sites is 1. The van der Waals surface area contributed by atoms with E-state index in [1.165, 1.54) is 0 Å². The summed E-state index contributed by atoms with van der Waals surface area (Å²) in [6.07, 6.45) is 1.03. The largest absolute Gasteiger partial charge is 0.495 e. The van der Waals surface area contributed by atoms with E-state index in [-0.39, 0.29) is 18.3 Å². The summed E-state index contributed by atoms with van der Waals surface area (Å²) in [7, 11) is 1.55. The van der Waals surface area contributed by atoms with Crippen molar-refractivity contribution in [2.75, 3.05) is 24.8 Å². The van der Waals surface area contributed by atoms with Gasteiger partial charge in [0.05, 0.1) is 19.4 Å². The normalized spacial score (nSPS) is 9.75. The third kappa shape index (κ3) is 5.66. The van der Waals surface area contributed by atoms with E-state index in [9.17, 15) is 4.79 Å². The van der Waals surface area contributed by atoms with Gasteiger partial charge in [0.25, 0.3) is 0 Å². The maximum Gasteiger partial charge on any atom is 0.224 e. The van der Waals surface area contributed by atoms with Gasteiger partial charge in [-0.05, 0) is 43.2 Å². The second-order valence-electron chi connectivity index (χ2n) is 5.22. The third-order valence-corrected chi connectivity index (χ3v) is 3.41. The van der Waals surface area contributed by atoms with Crippen molar-refractivity contribution in [1.82, 2.24) is 0 Å². The minimum Gasteiger partial charge on any atom is -0.495 e. The Hall–Kier alpha value is -2.40. The first kappa shape index (κ1) is 19.6. The minimum atomic E-state index is -0.0667. The highest BCUT2D eigenvalue weighted by molar-refractivity contribution is 5.91. The summed E-state index contributed by atoms with van der Waals surface area (Å²) in [6.45, 7) is 2.50. The lowest BCUT2D eigenvalue weighted by atomic mass is 10.2. The van der Waals surface area contributed by atoms with Crippen LogP contribution < -0.4 is 20.5 Å². The third-order valence-electron chi connectivity index (χ3n) is 3.41. The SMILES string of the molecule is COc1ccc(NC(=O)CCCOc2ccccc2C)cc1N.Cl. The maximum atomic E-state index is 11.9. The summed E-state index contributed by atoms with van der Waals surface area (Å²) in [5, 5.41) is 2.81. The molecule has 0 aromatic heterocycles. The Morgan fingerprint density at radius 3 is 2.58 bits per heavy atom. The number of anilines is 2. The molecule has 0 unspecified atom stereocenters. The van der Waals surface area contributed by atoms with Crippen LogP contribution in [0.3, 0.4) is 0 Å². The predicted molar refractivity (Wildman–Crippen MR) is 99.2 cm³/mol. The number of carbonyl (C=O) groups is 1. The van der Waals surface area contributed by atoms with Gasteiger partial charge in [-0.25, -0.2) is 0 Å². The van der Waals surface area contributed by atoms with E-state index in [4.69, 9.17) is 15.2 Å². The molecule has 0 aliphatic heterocycles. The highest BCUT2D eigenvalue weighted by Crippen LogP contribution is 2.24. The topological polar surface area (TPSA) is 73.6 Å². The van der Waals surface area contributed by atoms with E-state index < -0.39 is 0 Å². The second kappa shape index (κ2) is 9.67. The Labute approximate surface area is 148 Å². The van der Waals surface area contributed by atoms with Crippen molar-refractivity contribution in [2.24, 2.45) is 0 Å². The Morgan fingerprint density at radius 1 is 1.17 bits per heavy atom. The standard InChI is InChI=1S/C18H22N2O3.ClH/c1-13-6-3-4-7-16(13)23-11-5-8-18(21)20-14-9-10-17(22-2)15(19)12-14;/h3-4,6-7,9-10,12H,5,8,11,19H2,1-2H3,(H,20,21);1H. The number of ether oxygens (including phenoxy) is 2. The maximum absolute atomic E-state index is 11.9. The van der Waals surface area contributed by atoms with Gasteiger partial charge in [0.2, 0.25) is 5.91 Å². The number of nitrogen functional groups attached to an aromatic ring is 1. The quantitative estimate of drug-likeness (QED) is 0.588. The fourth-order valence-corrected chi connectivity index (χ4v) is 2.17.